The Hall–Kier alpha value is -1.85. The maximum absolute atomic E-state index is 14.2. The zero-order valence-electron chi connectivity index (χ0n) is 19.9. The molecule has 0 amide bonds. The summed E-state index contributed by atoms with van der Waals surface area (Å²) < 4.78 is 53.3. The van der Waals surface area contributed by atoms with Crippen LogP contribution in [0.25, 0.3) is 11.1 Å². The van der Waals surface area contributed by atoms with Crippen molar-refractivity contribution in [2.75, 3.05) is 13.2 Å². The average Bonchev–Trinajstić information content (AvgIpc) is 2.76. The van der Waals surface area contributed by atoms with Crippen LogP contribution in [0.15, 0.2) is 36.4 Å². The van der Waals surface area contributed by atoms with Crippen molar-refractivity contribution in [1.82, 2.24) is 0 Å². The molecular formula is C27H37F3O2. The zero-order chi connectivity index (χ0) is 23.6. The molecule has 0 saturated heterocycles. The molecule has 1 unspecified atom stereocenters. The van der Waals surface area contributed by atoms with E-state index in [-0.39, 0.29) is 11.5 Å². The van der Waals surface area contributed by atoms with E-state index in [1.165, 1.54) is 25.7 Å². The van der Waals surface area contributed by atoms with Crippen molar-refractivity contribution in [3.8, 4) is 11.1 Å². The third-order valence-corrected chi connectivity index (χ3v) is 5.98. The van der Waals surface area contributed by atoms with Crippen LogP contribution < -0.4 is 0 Å². The maximum atomic E-state index is 14.2. The molecule has 32 heavy (non-hydrogen) atoms. The Labute approximate surface area is 191 Å². The van der Waals surface area contributed by atoms with E-state index >= 15 is 0 Å². The smallest absolute Gasteiger partial charge is 0.172 e. The van der Waals surface area contributed by atoms with E-state index in [0.29, 0.717) is 24.8 Å². The lowest BCUT2D eigenvalue weighted by molar-refractivity contribution is -0.236. The van der Waals surface area contributed by atoms with Gasteiger partial charge in [-0.05, 0) is 44.4 Å². The number of hydrogen-bond donors (Lipinski definition) is 0. The molecule has 2 aromatic carbocycles. The summed E-state index contributed by atoms with van der Waals surface area (Å²) in [6.45, 7) is 9.15. The summed E-state index contributed by atoms with van der Waals surface area (Å²) in [5.74, 6) is -3.81. The van der Waals surface area contributed by atoms with Crippen molar-refractivity contribution in [2.24, 2.45) is 0 Å². The summed E-state index contributed by atoms with van der Waals surface area (Å²) in [5.41, 5.74) is 1.56. The van der Waals surface area contributed by atoms with Gasteiger partial charge < -0.3 is 9.47 Å². The summed E-state index contributed by atoms with van der Waals surface area (Å²) >= 11 is 0. The van der Waals surface area contributed by atoms with Crippen LogP contribution >= 0.6 is 0 Å². The highest BCUT2D eigenvalue weighted by atomic mass is 19.2. The van der Waals surface area contributed by atoms with Gasteiger partial charge in [0.15, 0.2) is 17.4 Å². The lowest BCUT2D eigenvalue weighted by atomic mass is 9.85. The minimum absolute atomic E-state index is 0.00238. The molecule has 178 valence electrons. The number of halogens is 3. The van der Waals surface area contributed by atoms with Crippen molar-refractivity contribution in [2.45, 2.75) is 84.3 Å². The molecule has 0 N–H and O–H groups in total. The normalized spacial score (nSPS) is 12.8. The topological polar surface area (TPSA) is 18.5 Å². The number of hydrogen-bond acceptors (Lipinski definition) is 2. The highest BCUT2D eigenvalue weighted by molar-refractivity contribution is 5.64. The maximum Gasteiger partial charge on any atom is 0.172 e. The number of rotatable bonds is 14. The van der Waals surface area contributed by atoms with Crippen LogP contribution in [0, 0.1) is 17.5 Å². The molecule has 0 saturated carbocycles. The van der Waals surface area contributed by atoms with Crippen molar-refractivity contribution >= 4 is 0 Å². The third kappa shape index (κ3) is 7.08. The average molecular weight is 451 g/mol. The highest BCUT2D eigenvalue weighted by Gasteiger charge is 2.36. The minimum Gasteiger partial charge on any atom is -0.350 e. The molecule has 0 spiro atoms. The van der Waals surface area contributed by atoms with E-state index in [9.17, 15) is 13.2 Å². The predicted octanol–water partition coefficient (Wildman–Crippen LogP) is 8.39. The molecule has 2 aromatic rings. The van der Waals surface area contributed by atoms with E-state index in [2.05, 4.69) is 6.92 Å². The third-order valence-electron chi connectivity index (χ3n) is 5.98. The predicted molar refractivity (Wildman–Crippen MR) is 124 cm³/mol. The standard InChI is InChI=1S/C27H37F3O2/c1-5-8-9-10-11-12-13-23(27(4,31-6-2)32-7-3)21-16-14-20(15-17-21)22-18-25(29)26(30)19-24(22)28/h14-19,23H,5-13H2,1-4H3. The van der Waals surface area contributed by atoms with Gasteiger partial charge in [0.05, 0.1) is 0 Å². The van der Waals surface area contributed by atoms with Gasteiger partial charge in [-0.2, -0.15) is 0 Å². The molecule has 0 bridgehead atoms. The number of benzene rings is 2. The van der Waals surface area contributed by atoms with Crippen molar-refractivity contribution in [3.63, 3.8) is 0 Å². The minimum atomic E-state index is -1.19. The Balaban J connectivity index is 2.27. The van der Waals surface area contributed by atoms with Gasteiger partial charge in [0, 0.05) is 30.8 Å². The quantitative estimate of drug-likeness (QED) is 0.163. The van der Waals surface area contributed by atoms with Gasteiger partial charge in [-0.25, -0.2) is 13.2 Å². The molecule has 1 atom stereocenters. The molecule has 5 heteroatoms. The molecule has 0 fully saturated rings. The van der Waals surface area contributed by atoms with Gasteiger partial charge in [-0.15, -0.1) is 0 Å². The van der Waals surface area contributed by atoms with Gasteiger partial charge in [0.2, 0.25) is 0 Å². The molecule has 0 aliphatic carbocycles. The molecular weight excluding hydrogens is 413 g/mol. The van der Waals surface area contributed by atoms with Crippen LogP contribution in [0.2, 0.25) is 0 Å². The molecule has 0 aliphatic rings. The molecule has 0 radical (unpaired) electrons. The fraction of sp³-hybridized carbons (Fsp3) is 0.556. The summed E-state index contributed by atoms with van der Waals surface area (Å²) in [4.78, 5) is 0. The zero-order valence-corrected chi connectivity index (χ0v) is 19.9. The second-order valence-corrected chi connectivity index (χ2v) is 8.36. The first-order chi connectivity index (χ1) is 15.4. The fourth-order valence-corrected chi connectivity index (χ4v) is 4.32. The SMILES string of the molecule is CCCCCCCCC(c1ccc(-c2cc(F)c(F)cc2F)cc1)C(C)(OCC)OCC. The molecule has 2 nitrogen and oxygen atoms in total. The Kier molecular flexibility index (Phi) is 10.7. The number of ether oxygens (including phenoxy) is 2. The summed E-state index contributed by atoms with van der Waals surface area (Å²) in [6.07, 6.45) is 8.08. The molecule has 0 aliphatic heterocycles. The van der Waals surface area contributed by atoms with E-state index in [1.807, 2.05) is 32.9 Å². The van der Waals surface area contributed by atoms with Crippen LogP contribution in [-0.4, -0.2) is 19.0 Å². The van der Waals surface area contributed by atoms with Crippen LogP contribution in [0.1, 0.15) is 84.1 Å². The largest absolute Gasteiger partial charge is 0.350 e. The van der Waals surface area contributed by atoms with Crippen LogP contribution in [0.4, 0.5) is 13.2 Å². The summed E-state index contributed by atoms with van der Waals surface area (Å²) in [6, 6.07) is 8.80. The Bertz CT molecular complexity index is 814. The van der Waals surface area contributed by atoms with Gasteiger partial charge >= 0.3 is 0 Å². The van der Waals surface area contributed by atoms with E-state index in [1.54, 1.807) is 12.1 Å². The van der Waals surface area contributed by atoms with Gasteiger partial charge in [-0.1, -0.05) is 69.7 Å². The Morgan fingerprint density at radius 2 is 1.31 bits per heavy atom. The van der Waals surface area contributed by atoms with E-state index < -0.39 is 23.2 Å². The summed E-state index contributed by atoms with van der Waals surface area (Å²) in [5, 5.41) is 0. The second kappa shape index (κ2) is 13.0. The summed E-state index contributed by atoms with van der Waals surface area (Å²) in [7, 11) is 0. The monoisotopic (exact) mass is 450 g/mol. The first kappa shape index (κ1) is 26.4. The lowest BCUT2D eigenvalue weighted by Crippen LogP contribution is -2.39. The van der Waals surface area contributed by atoms with Crippen LogP contribution in [-0.2, 0) is 9.47 Å². The van der Waals surface area contributed by atoms with E-state index in [0.717, 1.165) is 30.9 Å². The van der Waals surface area contributed by atoms with Gasteiger partial charge in [-0.3, -0.25) is 0 Å². The molecule has 0 heterocycles. The van der Waals surface area contributed by atoms with Gasteiger partial charge in [0.1, 0.15) is 5.82 Å². The van der Waals surface area contributed by atoms with Crippen LogP contribution in [0.3, 0.4) is 0 Å². The second-order valence-electron chi connectivity index (χ2n) is 8.36. The first-order valence-corrected chi connectivity index (χ1v) is 11.9. The Morgan fingerprint density at radius 1 is 0.750 bits per heavy atom. The molecule has 2 rings (SSSR count). The molecule has 0 aromatic heterocycles. The fourth-order valence-electron chi connectivity index (χ4n) is 4.32. The van der Waals surface area contributed by atoms with Crippen molar-refractivity contribution < 1.29 is 22.6 Å². The number of unbranched alkanes of at least 4 members (excludes halogenated alkanes) is 5. The van der Waals surface area contributed by atoms with Crippen molar-refractivity contribution in [3.05, 3.63) is 59.4 Å². The van der Waals surface area contributed by atoms with Crippen LogP contribution in [0.5, 0.6) is 0 Å². The van der Waals surface area contributed by atoms with E-state index in [4.69, 9.17) is 9.47 Å². The Morgan fingerprint density at radius 3 is 1.91 bits per heavy atom. The highest BCUT2D eigenvalue weighted by Crippen LogP contribution is 2.38. The van der Waals surface area contributed by atoms with Crippen molar-refractivity contribution in [1.29, 1.82) is 0 Å². The first-order valence-electron chi connectivity index (χ1n) is 11.9. The van der Waals surface area contributed by atoms with Gasteiger partial charge in [0.25, 0.3) is 0 Å². The lowest BCUT2D eigenvalue weighted by Gasteiger charge is -2.37.